The molecular formula is C18H29N3O. The second-order valence-corrected chi connectivity index (χ2v) is 7.52. The van der Waals surface area contributed by atoms with E-state index in [0.29, 0.717) is 12.0 Å². The van der Waals surface area contributed by atoms with Crippen molar-refractivity contribution in [1.29, 1.82) is 0 Å². The number of nitrogens with one attached hydrogen (secondary N) is 2. The first-order valence-electron chi connectivity index (χ1n) is 8.34. The Labute approximate surface area is 134 Å². The van der Waals surface area contributed by atoms with Crippen LogP contribution in [-0.4, -0.2) is 22.5 Å². The molecule has 22 heavy (non-hydrogen) atoms. The topological polar surface area (TPSA) is 54.0 Å². The molecule has 1 heterocycles. The molecule has 1 aromatic rings. The highest BCUT2D eigenvalue weighted by molar-refractivity contribution is 5.92. The molecule has 1 aliphatic rings. The van der Waals surface area contributed by atoms with Crippen molar-refractivity contribution in [2.75, 3.05) is 5.32 Å². The predicted octanol–water partition coefficient (Wildman–Crippen LogP) is 3.60. The summed E-state index contributed by atoms with van der Waals surface area (Å²) in [6.45, 7) is 8.89. The number of carbonyl (C=O) groups is 1. The molecule has 1 atom stereocenters. The molecule has 1 aliphatic carbocycles. The van der Waals surface area contributed by atoms with Gasteiger partial charge in [-0.15, -0.1) is 0 Å². The molecule has 1 saturated carbocycles. The van der Waals surface area contributed by atoms with Crippen molar-refractivity contribution in [3.05, 3.63) is 24.5 Å². The van der Waals surface area contributed by atoms with E-state index in [1.54, 1.807) is 12.4 Å². The SMILES string of the molecule is C[C@@H](NC(C)(C)C)[C@H]1CC[C@H](C(=O)Nc2ccncc2)CC1. The third-order valence-corrected chi connectivity index (χ3v) is 4.46. The molecule has 122 valence electrons. The molecule has 2 rings (SSSR count). The monoisotopic (exact) mass is 303 g/mol. The van der Waals surface area contributed by atoms with Gasteiger partial charge in [-0.05, 0) is 71.4 Å². The molecule has 0 unspecified atom stereocenters. The van der Waals surface area contributed by atoms with Gasteiger partial charge in [-0.2, -0.15) is 0 Å². The Morgan fingerprint density at radius 2 is 1.77 bits per heavy atom. The van der Waals surface area contributed by atoms with Gasteiger partial charge in [0.05, 0.1) is 0 Å². The van der Waals surface area contributed by atoms with Crippen LogP contribution in [0.3, 0.4) is 0 Å². The molecule has 2 N–H and O–H groups in total. The number of anilines is 1. The first kappa shape index (κ1) is 16.9. The fraction of sp³-hybridized carbons (Fsp3) is 0.667. The first-order chi connectivity index (χ1) is 10.3. The number of hydrogen-bond donors (Lipinski definition) is 2. The molecule has 1 fully saturated rings. The molecule has 0 aromatic carbocycles. The lowest BCUT2D eigenvalue weighted by Gasteiger charge is -2.35. The van der Waals surface area contributed by atoms with Crippen molar-refractivity contribution >= 4 is 11.6 Å². The van der Waals surface area contributed by atoms with Crippen molar-refractivity contribution in [3.8, 4) is 0 Å². The van der Waals surface area contributed by atoms with Gasteiger partial charge in [0.2, 0.25) is 5.91 Å². The van der Waals surface area contributed by atoms with Crippen molar-refractivity contribution in [3.63, 3.8) is 0 Å². The van der Waals surface area contributed by atoms with Crippen molar-refractivity contribution in [1.82, 2.24) is 10.3 Å². The van der Waals surface area contributed by atoms with Crippen LogP contribution in [-0.2, 0) is 4.79 Å². The quantitative estimate of drug-likeness (QED) is 0.893. The molecule has 0 bridgehead atoms. The Morgan fingerprint density at radius 1 is 1.18 bits per heavy atom. The molecule has 0 saturated heterocycles. The van der Waals surface area contributed by atoms with Crippen molar-refractivity contribution in [2.24, 2.45) is 11.8 Å². The van der Waals surface area contributed by atoms with Crippen LogP contribution in [0.1, 0.15) is 53.4 Å². The summed E-state index contributed by atoms with van der Waals surface area (Å²) in [6, 6.07) is 4.17. The fourth-order valence-electron chi connectivity index (χ4n) is 3.36. The van der Waals surface area contributed by atoms with E-state index in [9.17, 15) is 4.79 Å². The second kappa shape index (κ2) is 7.23. The summed E-state index contributed by atoms with van der Waals surface area (Å²) in [5.74, 6) is 0.969. The molecule has 1 amide bonds. The Bertz CT molecular complexity index is 473. The van der Waals surface area contributed by atoms with Gasteiger partial charge in [-0.1, -0.05) is 0 Å². The normalized spacial score (nSPS) is 23.8. The number of nitrogens with zero attached hydrogens (tertiary/aromatic N) is 1. The summed E-state index contributed by atoms with van der Waals surface area (Å²) in [5.41, 5.74) is 0.986. The van der Waals surface area contributed by atoms with Crippen LogP contribution < -0.4 is 10.6 Å². The van der Waals surface area contributed by atoms with E-state index in [2.05, 4.69) is 43.3 Å². The molecule has 0 spiro atoms. The van der Waals surface area contributed by atoms with E-state index in [1.165, 1.54) is 0 Å². The molecule has 0 radical (unpaired) electrons. The zero-order chi connectivity index (χ0) is 16.2. The zero-order valence-corrected chi connectivity index (χ0v) is 14.2. The summed E-state index contributed by atoms with van der Waals surface area (Å²) in [5, 5.41) is 6.66. The van der Waals surface area contributed by atoms with E-state index < -0.39 is 0 Å². The third-order valence-electron chi connectivity index (χ3n) is 4.46. The molecule has 4 nitrogen and oxygen atoms in total. The number of hydrogen-bond acceptors (Lipinski definition) is 3. The Kier molecular flexibility index (Phi) is 5.57. The van der Waals surface area contributed by atoms with Crippen molar-refractivity contribution < 1.29 is 4.79 Å². The van der Waals surface area contributed by atoms with Crippen LogP contribution >= 0.6 is 0 Å². The molecular weight excluding hydrogens is 274 g/mol. The maximum absolute atomic E-state index is 12.3. The highest BCUT2D eigenvalue weighted by Gasteiger charge is 2.30. The Balaban J connectivity index is 1.80. The summed E-state index contributed by atoms with van der Waals surface area (Å²) >= 11 is 0. The van der Waals surface area contributed by atoms with Gasteiger partial charge >= 0.3 is 0 Å². The van der Waals surface area contributed by atoms with Crippen LogP contribution in [0.15, 0.2) is 24.5 Å². The zero-order valence-electron chi connectivity index (χ0n) is 14.2. The van der Waals surface area contributed by atoms with E-state index in [0.717, 1.165) is 31.4 Å². The van der Waals surface area contributed by atoms with Gasteiger partial charge in [-0.3, -0.25) is 9.78 Å². The molecule has 4 heteroatoms. The van der Waals surface area contributed by atoms with Crippen LogP contribution in [0.2, 0.25) is 0 Å². The van der Waals surface area contributed by atoms with Crippen LogP contribution in [0.4, 0.5) is 5.69 Å². The lowest BCUT2D eigenvalue weighted by molar-refractivity contribution is -0.121. The summed E-state index contributed by atoms with van der Waals surface area (Å²) in [6.07, 6.45) is 7.62. The Hall–Kier alpha value is -1.42. The highest BCUT2D eigenvalue weighted by atomic mass is 16.1. The van der Waals surface area contributed by atoms with Gasteiger partial charge in [0.1, 0.15) is 0 Å². The van der Waals surface area contributed by atoms with Gasteiger partial charge in [-0.25, -0.2) is 0 Å². The number of aromatic nitrogens is 1. The summed E-state index contributed by atoms with van der Waals surface area (Å²) in [4.78, 5) is 16.3. The van der Waals surface area contributed by atoms with E-state index in [1.807, 2.05) is 12.1 Å². The van der Waals surface area contributed by atoms with E-state index >= 15 is 0 Å². The van der Waals surface area contributed by atoms with Gasteiger partial charge < -0.3 is 10.6 Å². The van der Waals surface area contributed by atoms with Crippen molar-refractivity contribution in [2.45, 2.75) is 65.0 Å². The molecule has 1 aromatic heterocycles. The number of carbonyl (C=O) groups excluding carboxylic acids is 1. The minimum atomic E-state index is 0.145. The third kappa shape index (κ3) is 5.09. The van der Waals surface area contributed by atoms with Gasteiger partial charge in [0.15, 0.2) is 0 Å². The highest BCUT2D eigenvalue weighted by Crippen LogP contribution is 2.32. The average molecular weight is 303 g/mol. The van der Waals surface area contributed by atoms with Gasteiger partial charge in [0.25, 0.3) is 0 Å². The largest absolute Gasteiger partial charge is 0.326 e. The smallest absolute Gasteiger partial charge is 0.227 e. The standard InChI is InChI=1S/C18H29N3O/c1-13(21-18(2,3)4)14-5-7-15(8-6-14)17(22)20-16-9-11-19-12-10-16/h9-15,21H,5-8H2,1-4H3,(H,19,20,22)/t13-,14-,15-/m1/s1. The van der Waals surface area contributed by atoms with E-state index in [4.69, 9.17) is 0 Å². The fourth-order valence-corrected chi connectivity index (χ4v) is 3.36. The minimum Gasteiger partial charge on any atom is -0.326 e. The predicted molar refractivity (Wildman–Crippen MR) is 90.7 cm³/mol. The number of amides is 1. The first-order valence-corrected chi connectivity index (χ1v) is 8.34. The maximum atomic E-state index is 12.3. The average Bonchev–Trinajstić information content (AvgIpc) is 2.46. The number of rotatable bonds is 4. The summed E-state index contributed by atoms with van der Waals surface area (Å²) < 4.78 is 0. The minimum absolute atomic E-state index is 0.145. The van der Waals surface area contributed by atoms with Crippen LogP contribution in [0, 0.1) is 11.8 Å². The lowest BCUT2D eigenvalue weighted by atomic mass is 9.78. The summed E-state index contributed by atoms with van der Waals surface area (Å²) in [7, 11) is 0. The maximum Gasteiger partial charge on any atom is 0.227 e. The Morgan fingerprint density at radius 3 is 2.32 bits per heavy atom. The van der Waals surface area contributed by atoms with E-state index in [-0.39, 0.29) is 17.4 Å². The second-order valence-electron chi connectivity index (χ2n) is 7.52. The lowest BCUT2D eigenvalue weighted by Crippen LogP contribution is -2.46. The van der Waals surface area contributed by atoms with Crippen LogP contribution in [0.25, 0.3) is 0 Å². The van der Waals surface area contributed by atoms with Gasteiger partial charge in [0, 0.05) is 35.6 Å². The van der Waals surface area contributed by atoms with Crippen LogP contribution in [0.5, 0.6) is 0 Å². The molecule has 0 aliphatic heterocycles. The number of pyridine rings is 1.